The molecule has 2 aromatic heterocycles. The van der Waals surface area contributed by atoms with E-state index in [-0.39, 0.29) is 75.6 Å². The van der Waals surface area contributed by atoms with Crippen molar-refractivity contribution in [1.82, 2.24) is 0 Å². The Morgan fingerprint density at radius 3 is 0.767 bits per heavy atom. The van der Waals surface area contributed by atoms with Crippen LogP contribution in [0.25, 0.3) is 0 Å². The second kappa shape index (κ2) is 38.6. The van der Waals surface area contributed by atoms with Gasteiger partial charge in [0.2, 0.25) is 0 Å². The second-order valence-corrected chi connectivity index (χ2v) is 21.0. The van der Waals surface area contributed by atoms with E-state index in [4.69, 9.17) is 27.1 Å². The van der Waals surface area contributed by atoms with E-state index < -0.39 is 23.9 Å². The summed E-state index contributed by atoms with van der Waals surface area (Å²) >= 11 is 2.09. The van der Waals surface area contributed by atoms with Crippen LogP contribution in [0, 0.1) is 24.7 Å². The van der Waals surface area contributed by atoms with Crippen LogP contribution in [-0.2, 0) is 56.3 Å². The Morgan fingerprint density at radius 2 is 0.658 bits per heavy atom. The van der Waals surface area contributed by atoms with Gasteiger partial charge in [0.25, 0.3) is 0 Å². The number of carboxylic acids is 4. The second-order valence-electron chi connectivity index (χ2n) is 18.8. The minimum absolute atomic E-state index is 0. The molecule has 3 aliphatic heterocycles. The predicted molar refractivity (Wildman–Crippen MR) is 279 cm³/mol. The Bertz CT molecular complexity index is 2080. The average Bonchev–Trinajstić information content (AvgIpc) is 4.19. The monoisotopic (exact) mass is 1210 g/mol. The summed E-state index contributed by atoms with van der Waals surface area (Å²) in [6, 6.07) is 14.1. The SMILES string of the molecule is C#Cc1ccc(C(=O)[O-])s1.C#Cc1ccc(C(=O)[O-])s1.C1CCOC1.C1CCOC1.C1CCOC1.CC(C)c1cc(C(C)C)c(C(=O)[O-])c(C(C)C)c1.CC(C)c1cc(C(C)C)c(C(=O)[O-])c(C(C)C)c1.[Mo+2].[Mo+2]. The fourth-order valence-corrected chi connectivity index (χ4v) is 8.27. The van der Waals surface area contributed by atoms with Crippen LogP contribution < -0.4 is 20.4 Å². The molecule has 11 nitrogen and oxygen atoms in total. The van der Waals surface area contributed by atoms with Gasteiger partial charge in [-0.3, -0.25) is 0 Å². The van der Waals surface area contributed by atoms with Crippen LogP contribution >= 0.6 is 22.7 Å². The zero-order valence-corrected chi connectivity index (χ0v) is 50.5. The standard InChI is InChI=1S/2C16H24O2.2C7H4O2S.3C4H8O.2Mo/c2*1-9(2)12-7-13(10(3)4)15(16(17)18)14(8-12)11(5)6;2*1-2-5-3-4-6(10-5)7(8)9;3*1-2-4-5-3-1;;/h2*7-11H,1-6H3,(H,17,18);2*1,3-4H,(H,8,9);3*1-4H2;;/q;;;;;;;2*+2/p-4. The molecule has 0 amide bonds. The van der Waals surface area contributed by atoms with Crippen molar-refractivity contribution in [3.05, 3.63) is 113 Å². The molecule has 5 heterocycles. The Kier molecular flexibility index (Phi) is 37.7. The largest absolute Gasteiger partial charge is 2.00 e. The van der Waals surface area contributed by atoms with Crippen LogP contribution in [0.3, 0.4) is 0 Å². The van der Waals surface area contributed by atoms with E-state index in [0.29, 0.717) is 32.7 Å². The fourth-order valence-electron chi connectivity index (χ4n) is 6.96. The first-order chi connectivity index (χ1) is 33.5. The number of aromatic carboxylic acids is 4. The van der Waals surface area contributed by atoms with Gasteiger partial charge in [0.1, 0.15) is 0 Å². The minimum Gasteiger partial charge on any atom is -0.545 e. The number of ether oxygens (including phenoxy) is 3. The quantitative estimate of drug-likeness (QED) is 0.109. The molecule has 0 bridgehead atoms. The Labute approximate surface area is 473 Å². The molecule has 0 N–H and O–H groups in total. The van der Waals surface area contributed by atoms with Crippen molar-refractivity contribution in [2.45, 2.75) is 157 Å². The van der Waals surface area contributed by atoms with E-state index in [1.807, 2.05) is 79.7 Å². The van der Waals surface area contributed by atoms with Gasteiger partial charge in [0.15, 0.2) is 0 Å². The summed E-state index contributed by atoms with van der Waals surface area (Å²) in [6.45, 7) is 30.7. The maximum Gasteiger partial charge on any atom is 2.00 e. The number of terminal acetylenes is 2. The van der Waals surface area contributed by atoms with Crippen LogP contribution in [-0.4, -0.2) is 63.5 Å². The summed E-state index contributed by atoms with van der Waals surface area (Å²) < 4.78 is 14.8. The van der Waals surface area contributed by atoms with Crippen molar-refractivity contribution in [3.8, 4) is 24.7 Å². The molecule has 398 valence electrons. The number of hydrogen-bond donors (Lipinski definition) is 0. The van der Waals surface area contributed by atoms with Crippen LogP contribution in [0.2, 0.25) is 0 Å². The number of hydrogen-bond acceptors (Lipinski definition) is 13. The smallest absolute Gasteiger partial charge is 0.545 e. The molecule has 0 spiro atoms. The number of carbonyl (C=O) groups is 4. The van der Waals surface area contributed by atoms with Crippen LogP contribution in [0.15, 0.2) is 48.5 Å². The zero-order valence-electron chi connectivity index (χ0n) is 44.8. The van der Waals surface area contributed by atoms with Gasteiger partial charge in [-0.15, -0.1) is 35.5 Å². The summed E-state index contributed by atoms with van der Waals surface area (Å²) in [6.07, 6.45) is 17.7. The van der Waals surface area contributed by atoms with Crippen molar-refractivity contribution >= 4 is 46.6 Å². The zero-order chi connectivity index (χ0) is 53.8. The molecule has 0 radical (unpaired) electrons. The Morgan fingerprint density at radius 1 is 0.425 bits per heavy atom. The van der Waals surface area contributed by atoms with Crippen LogP contribution in [0.1, 0.15) is 240 Å². The molecular formula is C58H76Mo2O11S2. The van der Waals surface area contributed by atoms with Crippen LogP contribution in [0.5, 0.6) is 0 Å². The molecule has 0 unspecified atom stereocenters. The van der Waals surface area contributed by atoms with Crippen molar-refractivity contribution in [3.63, 3.8) is 0 Å². The van der Waals surface area contributed by atoms with E-state index in [1.165, 1.54) is 61.8 Å². The summed E-state index contributed by atoms with van der Waals surface area (Å²) in [7, 11) is 0. The Hall–Kier alpha value is -3.90. The molecule has 2 aromatic carbocycles. The maximum absolute atomic E-state index is 11.4. The topological polar surface area (TPSA) is 188 Å². The first-order valence-electron chi connectivity index (χ1n) is 24.5. The van der Waals surface area contributed by atoms with Gasteiger partial charge in [-0.05, 0) is 132 Å². The van der Waals surface area contributed by atoms with E-state index in [9.17, 15) is 39.6 Å². The Balaban J connectivity index is 0. The number of rotatable bonds is 10. The summed E-state index contributed by atoms with van der Waals surface area (Å²) in [5, 5.41) is 43.2. The number of carbonyl (C=O) groups excluding carboxylic acids is 4. The molecule has 3 fully saturated rings. The summed E-state index contributed by atoms with van der Waals surface area (Å²) in [4.78, 5) is 44.7. The molecule has 3 saturated heterocycles. The predicted octanol–water partition coefficient (Wildman–Crippen LogP) is 9.41. The minimum atomic E-state index is -1.17. The molecule has 3 aliphatic rings. The van der Waals surface area contributed by atoms with Gasteiger partial charge in [0, 0.05) is 50.8 Å². The van der Waals surface area contributed by atoms with Gasteiger partial charge >= 0.3 is 42.1 Å². The number of carboxylic acid groups (broad SMARTS) is 4. The first-order valence-corrected chi connectivity index (χ1v) is 26.2. The van der Waals surface area contributed by atoms with Crippen molar-refractivity contribution in [2.75, 3.05) is 39.6 Å². The summed E-state index contributed by atoms with van der Waals surface area (Å²) in [5.74, 6) is 1.75. The van der Waals surface area contributed by atoms with Gasteiger partial charge in [-0.2, -0.15) is 0 Å². The third kappa shape index (κ3) is 26.9. The number of benzene rings is 2. The van der Waals surface area contributed by atoms with Crippen molar-refractivity contribution < 1.29 is 95.9 Å². The molecular weight excluding hydrogens is 1130 g/mol. The van der Waals surface area contributed by atoms with E-state index in [0.717, 1.165) is 84.6 Å². The van der Waals surface area contributed by atoms with Crippen molar-refractivity contribution in [2.24, 2.45) is 0 Å². The third-order valence-electron chi connectivity index (χ3n) is 11.1. The molecule has 7 rings (SSSR count). The fraction of sp³-hybridized carbons (Fsp3) is 0.517. The molecule has 0 atom stereocenters. The van der Waals surface area contributed by atoms with E-state index in [2.05, 4.69) is 39.5 Å². The molecule has 73 heavy (non-hydrogen) atoms. The molecule has 4 aromatic rings. The third-order valence-corrected chi connectivity index (χ3v) is 13.0. The van der Waals surface area contributed by atoms with Gasteiger partial charge in [0.05, 0.1) is 43.4 Å². The van der Waals surface area contributed by atoms with Gasteiger partial charge in [-0.25, -0.2) is 0 Å². The maximum atomic E-state index is 11.4. The first kappa shape index (κ1) is 71.2. The van der Waals surface area contributed by atoms with Crippen LogP contribution in [0.4, 0.5) is 0 Å². The van der Waals surface area contributed by atoms with Gasteiger partial charge in [-0.1, -0.05) is 119 Å². The summed E-state index contributed by atoms with van der Waals surface area (Å²) in [5.41, 5.74) is 6.76. The van der Waals surface area contributed by atoms with E-state index >= 15 is 0 Å². The molecule has 15 heteroatoms. The average molecular weight is 1210 g/mol. The van der Waals surface area contributed by atoms with Gasteiger partial charge < -0.3 is 53.8 Å². The van der Waals surface area contributed by atoms with Crippen molar-refractivity contribution in [1.29, 1.82) is 0 Å². The van der Waals surface area contributed by atoms with E-state index in [1.54, 1.807) is 12.1 Å². The normalized spacial score (nSPS) is 13.0. The number of thiophene rings is 2. The molecule has 0 aliphatic carbocycles. The molecule has 0 saturated carbocycles.